The summed E-state index contributed by atoms with van der Waals surface area (Å²) in [6.07, 6.45) is 12.6. The summed E-state index contributed by atoms with van der Waals surface area (Å²) >= 11 is 0.937. The highest BCUT2D eigenvalue weighted by molar-refractivity contribution is 8.18. The first kappa shape index (κ1) is 23.0. The highest BCUT2D eigenvalue weighted by Crippen LogP contribution is 2.24. The lowest BCUT2D eigenvalue weighted by Gasteiger charge is -2.35. The molecule has 0 radical (unpaired) electrons. The molecule has 2 aliphatic heterocycles. The van der Waals surface area contributed by atoms with Crippen LogP contribution in [0.5, 0.6) is 0 Å². The van der Waals surface area contributed by atoms with Gasteiger partial charge in [0, 0.05) is 36.7 Å². The van der Waals surface area contributed by atoms with E-state index in [1.807, 2.05) is 12.1 Å². The SMILES string of the molecule is O=C1NC(=O)/C(=C/C2=CCNC(N[C@H]3CC[C@H](NCCc4ccc5nccnc5c4)CC3)N2)S1. The second-order valence-electron chi connectivity index (χ2n) is 8.80. The highest BCUT2D eigenvalue weighted by atomic mass is 32.2. The number of allylic oxidation sites excluding steroid dienone is 1. The number of hydrogen-bond acceptors (Lipinski definition) is 9. The number of benzene rings is 1. The van der Waals surface area contributed by atoms with E-state index in [2.05, 4.69) is 48.7 Å². The molecule has 1 saturated carbocycles. The Morgan fingerprint density at radius 1 is 1.06 bits per heavy atom. The summed E-state index contributed by atoms with van der Waals surface area (Å²) in [4.78, 5) is 32.3. The van der Waals surface area contributed by atoms with Crippen LogP contribution in [0.2, 0.25) is 0 Å². The van der Waals surface area contributed by atoms with Crippen LogP contribution < -0.4 is 26.6 Å². The zero-order valence-electron chi connectivity index (χ0n) is 18.8. The Labute approximate surface area is 202 Å². The van der Waals surface area contributed by atoms with Crippen molar-refractivity contribution in [3.05, 3.63) is 58.9 Å². The van der Waals surface area contributed by atoms with Gasteiger partial charge < -0.3 is 10.6 Å². The first-order valence-electron chi connectivity index (χ1n) is 11.8. The predicted octanol–water partition coefficient (Wildman–Crippen LogP) is 1.89. The molecule has 1 unspecified atom stereocenters. The third kappa shape index (κ3) is 5.82. The van der Waals surface area contributed by atoms with E-state index >= 15 is 0 Å². The summed E-state index contributed by atoms with van der Waals surface area (Å²) in [5, 5.41) is 16.1. The van der Waals surface area contributed by atoms with Crippen molar-refractivity contribution in [3.63, 3.8) is 0 Å². The third-order valence-corrected chi connectivity index (χ3v) is 7.20. The summed E-state index contributed by atoms with van der Waals surface area (Å²) in [5.74, 6) is -0.333. The van der Waals surface area contributed by atoms with Crippen LogP contribution in [0.25, 0.3) is 11.0 Å². The molecule has 2 fully saturated rings. The molecule has 1 saturated heterocycles. The minimum absolute atomic E-state index is 0.0625. The molecule has 1 aromatic carbocycles. The van der Waals surface area contributed by atoms with Crippen molar-refractivity contribution < 1.29 is 9.59 Å². The molecule has 3 aliphatic rings. The van der Waals surface area contributed by atoms with Crippen molar-refractivity contribution in [1.82, 2.24) is 36.6 Å². The summed E-state index contributed by atoms with van der Waals surface area (Å²) in [6, 6.07) is 7.28. The maximum absolute atomic E-state index is 11.8. The molecule has 1 aromatic heterocycles. The molecule has 9 nitrogen and oxygen atoms in total. The van der Waals surface area contributed by atoms with Crippen LogP contribution in [-0.4, -0.2) is 52.6 Å². The van der Waals surface area contributed by atoms with Crippen molar-refractivity contribution in [1.29, 1.82) is 0 Å². The zero-order valence-corrected chi connectivity index (χ0v) is 19.7. The van der Waals surface area contributed by atoms with Crippen LogP contribution in [0.1, 0.15) is 31.2 Å². The Morgan fingerprint density at radius 2 is 1.85 bits per heavy atom. The number of nitrogens with zero attached hydrogens (tertiary/aromatic N) is 2. The quantitative estimate of drug-likeness (QED) is 0.379. The van der Waals surface area contributed by atoms with Gasteiger partial charge in [-0.05, 0) is 80.3 Å². The number of imide groups is 1. The van der Waals surface area contributed by atoms with Gasteiger partial charge in [-0.2, -0.15) is 0 Å². The van der Waals surface area contributed by atoms with Crippen LogP contribution in [0.15, 0.2) is 53.3 Å². The van der Waals surface area contributed by atoms with E-state index in [1.165, 1.54) is 5.56 Å². The average Bonchev–Trinajstić information content (AvgIpc) is 3.16. The molecule has 10 heteroatoms. The lowest BCUT2D eigenvalue weighted by molar-refractivity contribution is -0.115. The second kappa shape index (κ2) is 10.6. The fraction of sp³-hybridized carbons (Fsp3) is 0.417. The molecular weight excluding hydrogens is 450 g/mol. The van der Waals surface area contributed by atoms with E-state index in [4.69, 9.17) is 0 Å². The van der Waals surface area contributed by atoms with Crippen molar-refractivity contribution in [2.24, 2.45) is 0 Å². The zero-order chi connectivity index (χ0) is 23.3. The Hall–Kier alpha value is -2.79. The Morgan fingerprint density at radius 3 is 2.65 bits per heavy atom. The number of fused-ring (bicyclic) bond motifs is 1. The van der Waals surface area contributed by atoms with Gasteiger partial charge in [0.1, 0.15) is 6.29 Å². The Bertz CT molecular complexity index is 1130. The van der Waals surface area contributed by atoms with E-state index in [9.17, 15) is 9.59 Å². The number of hydrogen-bond donors (Lipinski definition) is 5. The van der Waals surface area contributed by atoms with Gasteiger partial charge in [0.2, 0.25) is 0 Å². The second-order valence-corrected chi connectivity index (χ2v) is 9.81. The lowest BCUT2D eigenvalue weighted by atomic mass is 9.91. The van der Waals surface area contributed by atoms with Crippen LogP contribution in [0.4, 0.5) is 4.79 Å². The molecule has 178 valence electrons. The van der Waals surface area contributed by atoms with Gasteiger partial charge in [-0.15, -0.1) is 0 Å². The number of nitrogens with one attached hydrogen (secondary N) is 5. The van der Waals surface area contributed by atoms with Gasteiger partial charge in [0.05, 0.1) is 15.9 Å². The monoisotopic (exact) mass is 479 g/mol. The number of carbonyl (C=O) groups is 2. The topological polar surface area (TPSA) is 120 Å². The number of thioether (sulfide) groups is 1. The first-order chi connectivity index (χ1) is 16.6. The molecule has 0 spiro atoms. The van der Waals surface area contributed by atoms with Crippen molar-refractivity contribution in [3.8, 4) is 0 Å². The molecule has 2 aromatic rings. The summed E-state index contributed by atoms with van der Waals surface area (Å²) < 4.78 is 0. The van der Waals surface area contributed by atoms with Gasteiger partial charge in [0.15, 0.2) is 0 Å². The maximum atomic E-state index is 11.8. The van der Waals surface area contributed by atoms with Crippen LogP contribution in [-0.2, 0) is 11.2 Å². The van der Waals surface area contributed by atoms with E-state index in [1.54, 1.807) is 18.5 Å². The number of rotatable bonds is 7. The maximum Gasteiger partial charge on any atom is 0.290 e. The summed E-state index contributed by atoms with van der Waals surface area (Å²) in [7, 11) is 0. The molecule has 1 aliphatic carbocycles. The van der Waals surface area contributed by atoms with E-state index < -0.39 is 0 Å². The number of aromatic nitrogens is 2. The van der Waals surface area contributed by atoms with Crippen LogP contribution in [0.3, 0.4) is 0 Å². The van der Waals surface area contributed by atoms with E-state index in [0.717, 1.165) is 67.1 Å². The molecule has 5 N–H and O–H groups in total. The van der Waals surface area contributed by atoms with Crippen LogP contribution >= 0.6 is 11.8 Å². The van der Waals surface area contributed by atoms with E-state index in [0.29, 0.717) is 23.5 Å². The molecular formula is C24H29N7O2S. The lowest BCUT2D eigenvalue weighted by Crippen LogP contribution is -2.58. The van der Waals surface area contributed by atoms with E-state index in [-0.39, 0.29) is 17.4 Å². The van der Waals surface area contributed by atoms with Crippen molar-refractivity contribution in [2.75, 3.05) is 13.1 Å². The minimum atomic E-state index is -0.333. The van der Waals surface area contributed by atoms with Gasteiger partial charge in [-0.1, -0.05) is 6.07 Å². The van der Waals surface area contributed by atoms with Crippen molar-refractivity contribution in [2.45, 2.75) is 50.5 Å². The van der Waals surface area contributed by atoms with Gasteiger partial charge >= 0.3 is 0 Å². The predicted molar refractivity (Wildman–Crippen MR) is 133 cm³/mol. The standard InChI is InChI=1S/C24H29N7O2S/c32-22-21(34-24(33)31-22)14-18-8-10-28-23(30-18)29-17-4-2-16(3-5-17)25-9-7-15-1-6-19-20(13-15)27-12-11-26-19/h1,6,8,11-14,16-17,23,25,28-30H,2-5,7,9-10H2,(H,31,32,33)/b21-14-/t16-,17-,23?. The largest absolute Gasteiger partial charge is 0.358 e. The molecule has 1 atom stereocenters. The molecule has 34 heavy (non-hydrogen) atoms. The Kier molecular flexibility index (Phi) is 7.19. The molecule has 5 rings (SSSR count). The average molecular weight is 480 g/mol. The normalized spacial score (nSPS) is 26.4. The fourth-order valence-electron chi connectivity index (χ4n) is 4.61. The summed E-state index contributed by atoms with van der Waals surface area (Å²) in [5.41, 5.74) is 4.01. The Balaban J connectivity index is 1.03. The number of amides is 2. The smallest absolute Gasteiger partial charge is 0.290 e. The summed E-state index contributed by atoms with van der Waals surface area (Å²) in [6.45, 7) is 1.65. The third-order valence-electron chi connectivity index (χ3n) is 6.39. The highest BCUT2D eigenvalue weighted by Gasteiger charge is 2.27. The minimum Gasteiger partial charge on any atom is -0.358 e. The molecule has 2 amide bonds. The van der Waals surface area contributed by atoms with Crippen molar-refractivity contribution >= 4 is 33.9 Å². The molecule has 3 heterocycles. The van der Waals surface area contributed by atoms with Gasteiger partial charge in [-0.3, -0.25) is 35.5 Å². The van der Waals surface area contributed by atoms with Crippen LogP contribution in [0, 0.1) is 0 Å². The van der Waals surface area contributed by atoms with Gasteiger partial charge in [0.25, 0.3) is 11.1 Å². The number of carbonyl (C=O) groups excluding carboxylic acids is 2. The first-order valence-corrected chi connectivity index (χ1v) is 12.6. The van der Waals surface area contributed by atoms with Gasteiger partial charge in [-0.25, -0.2) is 0 Å². The molecule has 0 bridgehead atoms. The fourth-order valence-corrected chi connectivity index (χ4v) is 5.28.